The first-order valence-corrected chi connectivity index (χ1v) is 4.82. The lowest BCUT2D eigenvalue weighted by Gasteiger charge is -2.08. The molecular weight excluding hydrogens is 235 g/mol. The van der Waals surface area contributed by atoms with E-state index in [1.165, 1.54) is 0 Å². The minimum absolute atomic E-state index is 0.122. The lowest BCUT2D eigenvalue weighted by atomic mass is 10.2. The number of hydrogen-bond donors (Lipinski definition) is 1. The summed E-state index contributed by atoms with van der Waals surface area (Å²) in [6, 6.07) is 3.60. The molecule has 0 aliphatic rings. The molecule has 0 bridgehead atoms. The predicted molar refractivity (Wildman–Crippen MR) is 53.7 cm³/mol. The van der Waals surface area contributed by atoms with Crippen LogP contribution in [0, 0.1) is 18.3 Å². The van der Waals surface area contributed by atoms with Crippen molar-refractivity contribution in [2.75, 3.05) is 6.61 Å². The van der Waals surface area contributed by atoms with E-state index in [4.69, 9.17) is 5.26 Å². The van der Waals surface area contributed by atoms with Gasteiger partial charge in [-0.2, -0.15) is 23.9 Å². The van der Waals surface area contributed by atoms with Crippen molar-refractivity contribution in [2.45, 2.75) is 19.6 Å². The normalized spacial score (nSPS) is 11.5. The van der Waals surface area contributed by atoms with Gasteiger partial charge in [-0.3, -0.25) is 4.84 Å². The zero-order chi connectivity index (χ0) is 13.1. The molecule has 94 valence electrons. The zero-order valence-corrected chi connectivity index (χ0v) is 9.43. The maximum atomic E-state index is 11.8. The molecule has 0 aliphatic heterocycles. The van der Waals surface area contributed by atoms with Crippen molar-refractivity contribution in [3.63, 3.8) is 0 Å². The molecule has 1 rings (SSSR count). The van der Waals surface area contributed by atoms with Crippen LogP contribution in [0.5, 0.6) is 0 Å². The van der Waals surface area contributed by atoms with Crippen LogP contribution in [0.3, 0.4) is 0 Å². The summed E-state index contributed by atoms with van der Waals surface area (Å²) in [5.74, 6) is 0. The molecule has 0 saturated heterocycles. The Morgan fingerprint density at radius 2 is 2.18 bits per heavy atom. The minimum Gasteiger partial charge on any atom is -0.340 e. The Morgan fingerprint density at radius 1 is 1.53 bits per heavy atom. The summed E-state index contributed by atoms with van der Waals surface area (Å²) in [6.07, 6.45) is -4.35. The Morgan fingerprint density at radius 3 is 2.65 bits per heavy atom. The second kappa shape index (κ2) is 5.21. The SMILES string of the molecule is Cc1c(CNOCC(F)(F)F)cc(C#N)n1C. The predicted octanol–water partition coefficient (Wildman–Crippen LogP) is 1.79. The molecule has 0 fully saturated rings. The molecule has 1 aromatic rings. The highest BCUT2D eigenvalue weighted by Crippen LogP contribution is 2.15. The van der Waals surface area contributed by atoms with E-state index in [0.717, 1.165) is 11.3 Å². The number of nitrogens with one attached hydrogen (secondary N) is 1. The monoisotopic (exact) mass is 247 g/mol. The maximum Gasteiger partial charge on any atom is 0.413 e. The van der Waals surface area contributed by atoms with Gasteiger partial charge in [-0.15, -0.1) is 0 Å². The van der Waals surface area contributed by atoms with E-state index in [2.05, 4.69) is 10.3 Å². The van der Waals surface area contributed by atoms with Crippen molar-refractivity contribution in [3.05, 3.63) is 23.0 Å². The third-order valence-electron chi connectivity index (χ3n) is 2.36. The van der Waals surface area contributed by atoms with Crippen LogP contribution >= 0.6 is 0 Å². The number of nitrogens with zero attached hydrogens (tertiary/aromatic N) is 2. The first-order valence-electron chi connectivity index (χ1n) is 4.82. The highest BCUT2D eigenvalue weighted by Gasteiger charge is 2.27. The molecule has 17 heavy (non-hydrogen) atoms. The number of nitriles is 1. The summed E-state index contributed by atoms with van der Waals surface area (Å²) in [4.78, 5) is 4.27. The van der Waals surface area contributed by atoms with E-state index >= 15 is 0 Å². The van der Waals surface area contributed by atoms with Crippen LogP contribution in [0.2, 0.25) is 0 Å². The average Bonchev–Trinajstić information content (AvgIpc) is 2.50. The number of halogens is 3. The lowest BCUT2D eigenvalue weighted by Crippen LogP contribution is -2.24. The molecule has 0 amide bonds. The molecule has 0 unspecified atom stereocenters. The number of rotatable bonds is 4. The molecule has 0 aromatic carbocycles. The summed E-state index contributed by atoms with van der Waals surface area (Å²) in [7, 11) is 1.72. The van der Waals surface area contributed by atoms with E-state index in [-0.39, 0.29) is 6.54 Å². The van der Waals surface area contributed by atoms with Gasteiger partial charge < -0.3 is 4.57 Å². The van der Waals surface area contributed by atoms with Gasteiger partial charge in [-0.25, -0.2) is 0 Å². The number of alkyl halides is 3. The summed E-state index contributed by atoms with van der Waals surface area (Å²) < 4.78 is 37.0. The lowest BCUT2D eigenvalue weighted by molar-refractivity contribution is -0.190. The molecule has 4 nitrogen and oxygen atoms in total. The van der Waals surface area contributed by atoms with Crippen molar-refractivity contribution >= 4 is 0 Å². The van der Waals surface area contributed by atoms with E-state index in [9.17, 15) is 13.2 Å². The zero-order valence-electron chi connectivity index (χ0n) is 9.43. The summed E-state index contributed by atoms with van der Waals surface area (Å²) >= 11 is 0. The Kier molecular flexibility index (Phi) is 4.15. The summed E-state index contributed by atoms with van der Waals surface area (Å²) in [6.45, 7) is 0.559. The highest BCUT2D eigenvalue weighted by molar-refractivity contribution is 5.33. The molecule has 0 atom stereocenters. The number of hydroxylamine groups is 1. The maximum absolute atomic E-state index is 11.8. The van der Waals surface area contributed by atoms with Crippen molar-refractivity contribution in [1.29, 1.82) is 5.26 Å². The molecule has 1 heterocycles. The second-order valence-corrected chi connectivity index (χ2v) is 3.54. The number of aromatic nitrogens is 1. The Balaban J connectivity index is 2.51. The van der Waals surface area contributed by atoms with Crippen LogP contribution in [0.15, 0.2) is 6.07 Å². The Labute approximate surface area is 96.5 Å². The van der Waals surface area contributed by atoms with Crippen molar-refractivity contribution in [1.82, 2.24) is 10.0 Å². The fourth-order valence-electron chi connectivity index (χ4n) is 1.31. The third kappa shape index (κ3) is 3.76. The van der Waals surface area contributed by atoms with Crippen molar-refractivity contribution < 1.29 is 18.0 Å². The first kappa shape index (κ1) is 13.5. The van der Waals surface area contributed by atoms with Gasteiger partial charge in [-0.05, 0) is 18.6 Å². The van der Waals surface area contributed by atoms with Crippen LogP contribution in [-0.4, -0.2) is 17.4 Å². The van der Waals surface area contributed by atoms with Crippen LogP contribution in [-0.2, 0) is 18.4 Å². The third-order valence-corrected chi connectivity index (χ3v) is 2.36. The molecule has 0 radical (unpaired) electrons. The van der Waals surface area contributed by atoms with Crippen LogP contribution in [0.25, 0.3) is 0 Å². The highest BCUT2D eigenvalue weighted by atomic mass is 19.4. The van der Waals surface area contributed by atoms with Gasteiger partial charge in [-0.1, -0.05) is 0 Å². The van der Waals surface area contributed by atoms with Gasteiger partial charge in [0.1, 0.15) is 11.8 Å². The Bertz CT molecular complexity index is 431. The van der Waals surface area contributed by atoms with Gasteiger partial charge in [0.15, 0.2) is 6.61 Å². The fraction of sp³-hybridized carbons (Fsp3) is 0.500. The molecule has 7 heteroatoms. The standard InChI is InChI=1S/C10H12F3N3O/c1-7-8(3-9(4-14)16(7)2)5-15-17-6-10(11,12)13/h3,15H,5-6H2,1-2H3. The smallest absolute Gasteiger partial charge is 0.340 e. The number of hydrogen-bond acceptors (Lipinski definition) is 3. The van der Waals surface area contributed by atoms with Gasteiger partial charge in [0, 0.05) is 19.3 Å². The largest absolute Gasteiger partial charge is 0.413 e. The van der Waals surface area contributed by atoms with Gasteiger partial charge >= 0.3 is 6.18 Å². The molecular formula is C10H12F3N3O. The molecule has 0 saturated carbocycles. The van der Waals surface area contributed by atoms with Crippen molar-refractivity contribution in [3.8, 4) is 6.07 Å². The van der Waals surface area contributed by atoms with E-state index in [1.807, 2.05) is 6.07 Å². The average molecular weight is 247 g/mol. The first-order chi connectivity index (χ1) is 7.85. The van der Waals surface area contributed by atoms with Gasteiger partial charge in [0.2, 0.25) is 0 Å². The Hall–Kier alpha value is -1.52. The van der Waals surface area contributed by atoms with Crippen LogP contribution < -0.4 is 5.48 Å². The van der Waals surface area contributed by atoms with Crippen molar-refractivity contribution in [2.24, 2.45) is 7.05 Å². The molecule has 0 aliphatic carbocycles. The fourth-order valence-corrected chi connectivity index (χ4v) is 1.31. The molecule has 0 spiro atoms. The summed E-state index contributed by atoms with van der Waals surface area (Å²) in [5, 5.41) is 8.76. The van der Waals surface area contributed by atoms with Gasteiger partial charge in [0.05, 0.1) is 0 Å². The van der Waals surface area contributed by atoms with Gasteiger partial charge in [0.25, 0.3) is 0 Å². The van der Waals surface area contributed by atoms with Crippen LogP contribution in [0.1, 0.15) is 17.0 Å². The second-order valence-electron chi connectivity index (χ2n) is 3.54. The molecule has 1 aromatic heterocycles. The van der Waals surface area contributed by atoms with E-state index in [0.29, 0.717) is 5.69 Å². The van der Waals surface area contributed by atoms with E-state index < -0.39 is 12.8 Å². The van der Waals surface area contributed by atoms with E-state index in [1.54, 1.807) is 24.6 Å². The molecule has 1 N–H and O–H groups in total. The topological polar surface area (TPSA) is 50.0 Å². The minimum atomic E-state index is -4.35. The van der Waals surface area contributed by atoms with Crippen LogP contribution in [0.4, 0.5) is 13.2 Å². The quantitative estimate of drug-likeness (QED) is 0.651. The summed E-state index contributed by atoms with van der Waals surface area (Å²) in [5.41, 5.74) is 4.21.